The number of aliphatic imine (C=N–C) groups is 1. The Morgan fingerprint density at radius 1 is 1.42 bits per heavy atom. The van der Waals surface area contributed by atoms with Gasteiger partial charge in [0.1, 0.15) is 5.70 Å². The van der Waals surface area contributed by atoms with E-state index in [1.54, 1.807) is 12.2 Å². The van der Waals surface area contributed by atoms with Crippen molar-refractivity contribution in [1.82, 2.24) is 4.90 Å². The van der Waals surface area contributed by atoms with Gasteiger partial charge in [0.15, 0.2) is 0 Å². The molecule has 2 amide bonds. The van der Waals surface area contributed by atoms with E-state index in [9.17, 15) is 9.59 Å². The highest BCUT2D eigenvalue weighted by molar-refractivity contribution is 6.32. The van der Waals surface area contributed by atoms with E-state index >= 15 is 0 Å². The van der Waals surface area contributed by atoms with Crippen LogP contribution in [0.25, 0.3) is 0 Å². The molecule has 2 rings (SSSR count). The molecule has 0 fully saturated rings. The maximum atomic E-state index is 11.1. The van der Waals surface area contributed by atoms with Gasteiger partial charge in [-0.05, 0) is 6.08 Å². The quantitative estimate of drug-likeness (QED) is 0.498. The van der Waals surface area contributed by atoms with E-state index in [0.717, 1.165) is 6.21 Å². The second-order valence-corrected chi connectivity index (χ2v) is 2.49. The third-order valence-electron chi connectivity index (χ3n) is 1.75. The summed E-state index contributed by atoms with van der Waals surface area (Å²) in [5.41, 5.74) is 0.366. The largest absolute Gasteiger partial charge is 0.299 e. The predicted octanol–water partition coefficient (Wildman–Crippen LogP) is -0.120. The first kappa shape index (κ1) is 6.97. The van der Waals surface area contributed by atoms with Crippen LogP contribution in [-0.2, 0) is 9.59 Å². The standard InChI is InChI=1S/C8H6N2O2/c11-7-5-9-8(12)6-3-1-2-4-10(6)7/h1-3,5H,4H2. The fourth-order valence-corrected chi connectivity index (χ4v) is 1.16. The van der Waals surface area contributed by atoms with E-state index in [4.69, 9.17) is 0 Å². The maximum Gasteiger partial charge on any atom is 0.293 e. The van der Waals surface area contributed by atoms with Crippen molar-refractivity contribution in [1.29, 1.82) is 0 Å². The van der Waals surface area contributed by atoms with Crippen molar-refractivity contribution >= 4 is 18.0 Å². The number of hydrogen-bond donors (Lipinski definition) is 0. The van der Waals surface area contributed by atoms with E-state index in [1.807, 2.05) is 6.08 Å². The van der Waals surface area contributed by atoms with Gasteiger partial charge in [-0.15, -0.1) is 0 Å². The van der Waals surface area contributed by atoms with E-state index in [2.05, 4.69) is 4.99 Å². The predicted molar refractivity (Wildman–Crippen MR) is 42.4 cm³/mol. The molecule has 0 aromatic rings. The summed E-state index contributed by atoms with van der Waals surface area (Å²) in [7, 11) is 0. The number of rotatable bonds is 0. The lowest BCUT2D eigenvalue weighted by Gasteiger charge is -2.24. The number of nitrogens with zero attached hydrogens (tertiary/aromatic N) is 2. The van der Waals surface area contributed by atoms with Gasteiger partial charge in [-0.1, -0.05) is 12.2 Å². The average Bonchev–Trinajstić information content (AvgIpc) is 2.12. The Morgan fingerprint density at radius 2 is 2.25 bits per heavy atom. The van der Waals surface area contributed by atoms with Crippen LogP contribution in [0.2, 0.25) is 0 Å². The molecule has 0 spiro atoms. The van der Waals surface area contributed by atoms with E-state index in [1.165, 1.54) is 4.90 Å². The van der Waals surface area contributed by atoms with Crippen LogP contribution in [0.15, 0.2) is 28.9 Å². The molecule has 0 aromatic heterocycles. The van der Waals surface area contributed by atoms with Crippen molar-refractivity contribution in [3.8, 4) is 0 Å². The Kier molecular flexibility index (Phi) is 1.40. The van der Waals surface area contributed by atoms with Gasteiger partial charge in [0.25, 0.3) is 11.8 Å². The first-order chi connectivity index (χ1) is 5.79. The van der Waals surface area contributed by atoms with Gasteiger partial charge in [0.2, 0.25) is 0 Å². The van der Waals surface area contributed by atoms with Gasteiger partial charge in [-0.2, -0.15) is 0 Å². The Labute approximate surface area is 68.9 Å². The fraction of sp³-hybridized carbons (Fsp3) is 0.125. The number of hydrogen-bond acceptors (Lipinski definition) is 2. The highest BCUT2D eigenvalue weighted by atomic mass is 16.2. The minimum absolute atomic E-state index is 0.231. The monoisotopic (exact) mass is 162 g/mol. The topological polar surface area (TPSA) is 49.7 Å². The van der Waals surface area contributed by atoms with Crippen LogP contribution < -0.4 is 0 Å². The third kappa shape index (κ3) is 0.887. The molecule has 0 saturated heterocycles. The molecule has 0 N–H and O–H groups in total. The molecular weight excluding hydrogens is 156 g/mol. The number of carbonyl (C=O) groups is 2. The van der Waals surface area contributed by atoms with Gasteiger partial charge in [-0.3, -0.25) is 14.5 Å². The van der Waals surface area contributed by atoms with Crippen molar-refractivity contribution in [2.75, 3.05) is 6.54 Å². The lowest BCUT2D eigenvalue weighted by atomic mass is 10.2. The lowest BCUT2D eigenvalue weighted by molar-refractivity contribution is -0.127. The highest BCUT2D eigenvalue weighted by Gasteiger charge is 2.26. The molecule has 4 nitrogen and oxygen atoms in total. The summed E-state index contributed by atoms with van der Waals surface area (Å²) in [4.78, 5) is 27.0. The van der Waals surface area contributed by atoms with Crippen LogP contribution in [0.1, 0.15) is 0 Å². The molecule has 0 aromatic carbocycles. The van der Waals surface area contributed by atoms with Crippen LogP contribution in [0.4, 0.5) is 0 Å². The van der Waals surface area contributed by atoms with Gasteiger partial charge < -0.3 is 0 Å². The zero-order chi connectivity index (χ0) is 8.55. The van der Waals surface area contributed by atoms with E-state index < -0.39 is 0 Å². The molecule has 0 unspecified atom stereocenters. The zero-order valence-corrected chi connectivity index (χ0v) is 6.23. The van der Waals surface area contributed by atoms with Crippen LogP contribution >= 0.6 is 0 Å². The summed E-state index contributed by atoms with van der Waals surface area (Å²) in [6.07, 6.45) is 6.21. The molecule has 12 heavy (non-hydrogen) atoms. The average molecular weight is 162 g/mol. The molecule has 0 radical (unpaired) electrons. The van der Waals surface area contributed by atoms with Gasteiger partial charge in [0, 0.05) is 6.54 Å². The minimum atomic E-state index is -0.348. The van der Waals surface area contributed by atoms with E-state index in [-0.39, 0.29) is 11.8 Å². The molecule has 0 bridgehead atoms. The van der Waals surface area contributed by atoms with Crippen LogP contribution in [-0.4, -0.2) is 29.5 Å². The summed E-state index contributed by atoms with van der Waals surface area (Å²) in [5, 5.41) is 0. The van der Waals surface area contributed by atoms with Gasteiger partial charge in [-0.25, -0.2) is 4.99 Å². The Hall–Kier alpha value is -1.71. The smallest absolute Gasteiger partial charge is 0.293 e. The Balaban J connectivity index is 2.46. The zero-order valence-electron chi connectivity index (χ0n) is 6.23. The number of fused-ring (bicyclic) bond motifs is 1. The Morgan fingerprint density at radius 3 is 3.00 bits per heavy atom. The van der Waals surface area contributed by atoms with Gasteiger partial charge >= 0.3 is 0 Å². The summed E-state index contributed by atoms with van der Waals surface area (Å²) in [6.45, 7) is 0.461. The van der Waals surface area contributed by atoms with E-state index in [0.29, 0.717) is 12.2 Å². The normalized spacial score (nSPS) is 21.0. The van der Waals surface area contributed by atoms with Gasteiger partial charge in [0.05, 0.1) is 6.21 Å². The first-order valence-electron chi connectivity index (χ1n) is 3.56. The van der Waals surface area contributed by atoms with Crippen molar-refractivity contribution in [2.45, 2.75) is 0 Å². The SMILES string of the molecule is O=C1N=CC(=O)N2CC=CC=C12. The minimum Gasteiger partial charge on any atom is -0.299 e. The molecule has 2 aliphatic heterocycles. The molecule has 0 atom stereocenters. The van der Waals surface area contributed by atoms with Crippen molar-refractivity contribution in [2.24, 2.45) is 4.99 Å². The second-order valence-electron chi connectivity index (χ2n) is 2.49. The molecule has 60 valence electrons. The molecular formula is C8H6N2O2. The summed E-state index contributed by atoms with van der Waals surface area (Å²) < 4.78 is 0. The molecule has 2 heterocycles. The van der Waals surface area contributed by atoms with Crippen molar-refractivity contribution < 1.29 is 9.59 Å². The third-order valence-corrected chi connectivity index (χ3v) is 1.75. The first-order valence-corrected chi connectivity index (χ1v) is 3.56. The van der Waals surface area contributed by atoms with Crippen LogP contribution in [0.3, 0.4) is 0 Å². The summed E-state index contributed by atoms with van der Waals surface area (Å²) in [5.74, 6) is -0.579. The molecule has 0 saturated carbocycles. The molecule has 0 aliphatic carbocycles. The number of allylic oxidation sites excluding steroid dienone is 2. The van der Waals surface area contributed by atoms with Crippen LogP contribution in [0.5, 0.6) is 0 Å². The van der Waals surface area contributed by atoms with Crippen molar-refractivity contribution in [3.05, 3.63) is 23.9 Å². The number of amides is 2. The summed E-state index contributed by atoms with van der Waals surface area (Å²) in [6, 6.07) is 0. The highest BCUT2D eigenvalue weighted by Crippen LogP contribution is 2.14. The number of carbonyl (C=O) groups excluding carboxylic acids is 2. The second kappa shape index (κ2) is 2.41. The van der Waals surface area contributed by atoms with Crippen molar-refractivity contribution in [3.63, 3.8) is 0 Å². The molecule has 4 heteroatoms. The summed E-state index contributed by atoms with van der Waals surface area (Å²) >= 11 is 0. The fourth-order valence-electron chi connectivity index (χ4n) is 1.16. The lowest BCUT2D eigenvalue weighted by Crippen LogP contribution is -2.38. The van der Waals surface area contributed by atoms with Crippen LogP contribution in [0, 0.1) is 0 Å². The Bertz CT molecular complexity index is 339. The maximum absolute atomic E-state index is 11.1. The molecule has 2 aliphatic rings.